The molecule has 8 nitrogen and oxygen atoms in total. The van der Waals surface area contributed by atoms with E-state index in [9.17, 15) is 8.78 Å². The van der Waals surface area contributed by atoms with Crippen LogP contribution in [0.25, 0.3) is 5.82 Å². The van der Waals surface area contributed by atoms with Gasteiger partial charge in [-0.05, 0) is 61.7 Å². The van der Waals surface area contributed by atoms with E-state index in [-0.39, 0.29) is 30.0 Å². The Bertz CT molecular complexity index is 1150. The zero-order chi connectivity index (χ0) is 26.1. The third-order valence-electron chi connectivity index (χ3n) is 7.34. The number of hydrogen-bond acceptors (Lipinski definition) is 6. The van der Waals surface area contributed by atoms with Crippen LogP contribution in [0.3, 0.4) is 0 Å². The standard InChI is InChI=1S/C25H37F2N7OSi/c1-17-9-12-34(32-17)23-14-18(13-22(30-23)29-19-7-10-25(26,27)11-8-19)21(15-20-16-28-33-31-20)35-36(5,6)24(2,3)4/h9,12-14,16,19,21H,7-8,10-11,15H2,1-6H3,(H,29,30)(H,28,31,33). The Labute approximate surface area is 212 Å². The maximum atomic E-state index is 13.7. The van der Waals surface area contributed by atoms with Crippen molar-refractivity contribution < 1.29 is 13.2 Å². The quantitative estimate of drug-likeness (QED) is 0.357. The smallest absolute Gasteiger partial charge is 0.248 e. The first kappa shape index (κ1) is 26.4. The van der Waals surface area contributed by atoms with Crippen molar-refractivity contribution in [1.29, 1.82) is 0 Å². The molecule has 0 saturated heterocycles. The van der Waals surface area contributed by atoms with Gasteiger partial charge in [-0.25, -0.2) is 18.4 Å². The molecule has 3 aromatic rings. The Morgan fingerprint density at radius 1 is 1.25 bits per heavy atom. The SMILES string of the molecule is Cc1ccn(-c2cc(C(Cc3c[nH]nn3)O[Si](C)(C)C(C)(C)C)cc(NC3CCC(F)(F)CC3)n2)n1. The lowest BCUT2D eigenvalue weighted by Gasteiger charge is -2.39. The lowest BCUT2D eigenvalue weighted by molar-refractivity contribution is -0.0361. The number of rotatable bonds is 8. The molecule has 1 unspecified atom stereocenters. The third kappa shape index (κ3) is 6.36. The van der Waals surface area contributed by atoms with Crippen LogP contribution in [0.15, 0.2) is 30.6 Å². The fourth-order valence-electron chi connectivity index (χ4n) is 4.13. The predicted octanol–water partition coefficient (Wildman–Crippen LogP) is 5.99. The van der Waals surface area contributed by atoms with Crippen LogP contribution in [-0.4, -0.2) is 50.5 Å². The Balaban J connectivity index is 1.71. The van der Waals surface area contributed by atoms with Gasteiger partial charge in [0.2, 0.25) is 5.92 Å². The van der Waals surface area contributed by atoms with Gasteiger partial charge in [0, 0.05) is 37.7 Å². The van der Waals surface area contributed by atoms with Crippen LogP contribution >= 0.6 is 0 Å². The minimum absolute atomic E-state index is 0.0123. The van der Waals surface area contributed by atoms with E-state index in [0.29, 0.717) is 30.9 Å². The minimum atomic E-state index is -2.58. The monoisotopic (exact) mass is 517 g/mol. The van der Waals surface area contributed by atoms with Gasteiger partial charge in [-0.2, -0.15) is 5.10 Å². The molecule has 4 rings (SSSR count). The van der Waals surface area contributed by atoms with E-state index in [0.717, 1.165) is 17.0 Å². The van der Waals surface area contributed by atoms with Crippen molar-refractivity contribution in [3.8, 4) is 5.82 Å². The summed E-state index contributed by atoms with van der Waals surface area (Å²) in [5.74, 6) is -1.30. The first-order valence-corrected chi connectivity index (χ1v) is 15.4. The maximum absolute atomic E-state index is 13.7. The summed E-state index contributed by atoms with van der Waals surface area (Å²) in [4.78, 5) is 4.80. The number of aryl methyl sites for hydroxylation is 1. The van der Waals surface area contributed by atoms with Crippen molar-refractivity contribution in [1.82, 2.24) is 30.2 Å². The van der Waals surface area contributed by atoms with Gasteiger partial charge >= 0.3 is 0 Å². The molecule has 0 aromatic carbocycles. The second-order valence-electron chi connectivity index (χ2n) is 11.4. The number of halogens is 2. The molecule has 1 aliphatic rings. The normalized spacial score (nSPS) is 17.8. The van der Waals surface area contributed by atoms with Crippen molar-refractivity contribution in [2.75, 3.05) is 5.32 Å². The van der Waals surface area contributed by atoms with Crippen LogP contribution < -0.4 is 5.32 Å². The second-order valence-corrected chi connectivity index (χ2v) is 16.1. The zero-order valence-electron chi connectivity index (χ0n) is 22.0. The molecule has 3 heterocycles. The van der Waals surface area contributed by atoms with Crippen LogP contribution in [0.5, 0.6) is 0 Å². The predicted molar refractivity (Wildman–Crippen MR) is 138 cm³/mol. The summed E-state index contributed by atoms with van der Waals surface area (Å²) in [6.07, 6.45) is 4.48. The van der Waals surface area contributed by atoms with Gasteiger partial charge in [-0.15, -0.1) is 5.10 Å². The number of aromatic nitrogens is 6. The molecule has 1 saturated carbocycles. The number of alkyl halides is 2. The van der Waals surface area contributed by atoms with E-state index < -0.39 is 14.2 Å². The van der Waals surface area contributed by atoms with Crippen molar-refractivity contribution >= 4 is 14.1 Å². The Morgan fingerprint density at radius 3 is 2.56 bits per heavy atom. The molecule has 3 aromatic heterocycles. The van der Waals surface area contributed by atoms with Gasteiger partial charge in [-0.3, -0.25) is 5.10 Å². The highest BCUT2D eigenvalue weighted by atomic mass is 28.4. The van der Waals surface area contributed by atoms with E-state index in [4.69, 9.17) is 9.41 Å². The van der Waals surface area contributed by atoms with Crippen LogP contribution in [0.2, 0.25) is 18.1 Å². The van der Waals surface area contributed by atoms with Crippen LogP contribution in [0, 0.1) is 6.92 Å². The van der Waals surface area contributed by atoms with Crippen molar-refractivity contribution in [3.63, 3.8) is 0 Å². The molecule has 2 N–H and O–H groups in total. The number of anilines is 1. The van der Waals surface area contributed by atoms with Crippen molar-refractivity contribution in [2.24, 2.45) is 0 Å². The van der Waals surface area contributed by atoms with E-state index in [1.165, 1.54) is 0 Å². The molecule has 1 atom stereocenters. The number of aromatic amines is 1. The topological polar surface area (TPSA) is 93.5 Å². The number of nitrogens with zero attached hydrogens (tertiary/aromatic N) is 5. The van der Waals surface area contributed by atoms with E-state index >= 15 is 0 Å². The lowest BCUT2D eigenvalue weighted by Crippen LogP contribution is -2.42. The summed E-state index contributed by atoms with van der Waals surface area (Å²) < 4.78 is 36.1. The lowest BCUT2D eigenvalue weighted by atomic mass is 9.92. The number of nitrogens with one attached hydrogen (secondary N) is 2. The summed E-state index contributed by atoms with van der Waals surface area (Å²) >= 11 is 0. The van der Waals surface area contributed by atoms with Gasteiger partial charge in [0.1, 0.15) is 5.82 Å². The Morgan fingerprint density at radius 2 is 1.97 bits per heavy atom. The third-order valence-corrected chi connectivity index (χ3v) is 11.8. The zero-order valence-corrected chi connectivity index (χ0v) is 23.0. The molecular formula is C25H37F2N7OSi. The maximum Gasteiger partial charge on any atom is 0.248 e. The van der Waals surface area contributed by atoms with Gasteiger partial charge < -0.3 is 9.74 Å². The van der Waals surface area contributed by atoms with E-state index in [1.54, 1.807) is 10.9 Å². The van der Waals surface area contributed by atoms with Crippen LogP contribution in [-0.2, 0) is 10.8 Å². The molecule has 0 amide bonds. The van der Waals surface area contributed by atoms with Gasteiger partial charge in [0.05, 0.1) is 17.5 Å². The van der Waals surface area contributed by atoms with Gasteiger partial charge in [-0.1, -0.05) is 26.0 Å². The average Bonchev–Trinajstić information content (AvgIpc) is 3.45. The van der Waals surface area contributed by atoms with Crippen molar-refractivity contribution in [3.05, 3.63) is 47.5 Å². The fourth-order valence-corrected chi connectivity index (χ4v) is 5.41. The Kier molecular flexibility index (Phi) is 7.34. The highest BCUT2D eigenvalue weighted by Gasteiger charge is 2.40. The first-order chi connectivity index (χ1) is 16.8. The average molecular weight is 518 g/mol. The van der Waals surface area contributed by atoms with Gasteiger partial charge in [0.15, 0.2) is 14.1 Å². The van der Waals surface area contributed by atoms with E-state index in [1.807, 2.05) is 31.3 Å². The first-order valence-electron chi connectivity index (χ1n) is 12.5. The number of H-pyrrole nitrogens is 1. The van der Waals surface area contributed by atoms with Crippen molar-refractivity contribution in [2.45, 2.75) is 96.0 Å². The van der Waals surface area contributed by atoms with Crippen LogP contribution in [0.4, 0.5) is 14.6 Å². The summed E-state index contributed by atoms with van der Waals surface area (Å²) in [5, 5.41) is 18.8. The summed E-state index contributed by atoms with van der Waals surface area (Å²) in [7, 11) is -2.16. The number of hydrogen-bond donors (Lipinski definition) is 2. The second kappa shape index (κ2) is 10.0. The molecule has 1 aliphatic carbocycles. The molecule has 0 bridgehead atoms. The molecule has 0 spiro atoms. The Hall–Kier alpha value is -2.66. The fraction of sp³-hybridized carbons (Fsp3) is 0.600. The highest BCUT2D eigenvalue weighted by molar-refractivity contribution is 6.74. The van der Waals surface area contributed by atoms with E-state index in [2.05, 4.69) is 59.7 Å². The summed E-state index contributed by atoms with van der Waals surface area (Å²) in [6.45, 7) is 13.0. The molecule has 11 heteroatoms. The minimum Gasteiger partial charge on any atom is -0.410 e. The molecule has 196 valence electrons. The largest absolute Gasteiger partial charge is 0.410 e. The molecule has 36 heavy (non-hydrogen) atoms. The number of pyridine rings is 1. The summed E-state index contributed by atoms with van der Waals surface area (Å²) in [5.41, 5.74) is 2.61. The summed E-state index contributed by atoms with van der Waals surface area (Å²) in [6, 6.07) is 5.83. The molecular weight excluding hydrogens is 480 g/mol. The van der Waals surface area contributed by atoms with Gasteiger partial charge in [0.25, 0.3) is 0 Å². The van der Waals surface area contributed by atoms with Crippen LogP contribution in [0.1, 0.15) is 69.5 Å². The molecule has 0 aliphatic heterocycles. The molecule has 1 fully saturated rings. The molecule has 0 radical (unpaired) electrons. The highest BCUT2D eigenvalue weighted by Crippen LogP contribution is 2.41.